The third-order valence-corrected chi connectivity index (χ3v) is 3.99. The van der Waals surface area contributed by atoms with Gasteiger partial charge in [0.1, 0.15) is 16.6 Å². The monoisotopic (exact) mass is 266 g/mol. The van der Waals surface area contributed by atoms with Gasteiger partial charge in [-0.25, -0.2) is 13.8 Å². The highest BCUT2D eigenvalue weighted by Gasteiger charge is 2.21. The van der Waals surface area contributed by atoms with E-state index in [9.17, 15) is 8.78 Å². The van der Waals surface area contributed by atoms with Gasteiger partial charge in [-0.15, -0.1) is 11.3 Å². The van der Waals surface area contributed by atoms with Crippen molar-refractivity contribution in [1.29, 1.82) is 0 Å². The Labute approximate surface area is 108 Å². The number of halogens is 2. The molecule has 1 saturated heterocycles. The Kier molecular flexibility index (Phi) is 3.09. The zero-order valence-electron chi connectivity index (χ0n) is 9.62. The van der Waals surface area contributed by atoms with Crippen molar-refractivity contribution in [2.75, 3.05) is 6.54 Å². The summed E-state index contributed by atoms with van der Waals surface area (Å²) in [6.07, 6.45) is 2.15. The molecule has 2 aromatic rings. The number of benzene rings is 1. The standard InChI is InChI=1S/C13H12F2N2S/c14-8-3-1-4-9(15)12(8)13-17-11(7-18-13)10-5-2-6-16-10/h1,3-4,7,10,16H,2,5-6H2/t10-/m0/s1. The van der Waals surface area contributed by atoms with E-state index >= 15 is 0 Å². The Morgan fingerprint density at radius 3 is 2.72 bits per heavy atom. The molecule has 2 heterocycles. The minimum Gasteiger partial charge on any atom is -0.309 e. The van der Waals surface area contributed by atoms with Crippen LogP contribution in [0.2, 0.25) is 0 Å². The van der Waals surface area contributed by atoms with Crippen molar-refractivity contribution in [2.45, 2.75) is 18.9 Å². The van der Waals surface area contributed by atoms with E-state index in [-0.39, 0.29) is 11.6 Å². The van der Waals surface area contributed by atoms with Crippen LogP contribution in [-0.2, 0) is 0 Å². The van der Waals surface area contributed by atoms with Crippen molar-refractivity contribution in [3.8, 4) is 10.6 Å². The molecule has 0 spiro atoms. The second-order valence-electron chi connectivity index (χ2n) is 4.32. The summed E-state index contributed by atoms with van der Waals surface area (Å²) in [6, 6.07) is 4.10. The van der Waals surface area contributed by atoms with Gasteiger partial charge in [-0.05, 0) is 31.5 Å². The highest BCUT2D eigenvalue weighted by Crippen LogP contribution is 2.32. The Hall–Kier alpha value is -1.33. The van der Waals surface area contributed by atoms with Gasteiger partial charge in [-0.2, -0.15) is 0 Å². The third kappa shape index (κ3) is 2.04. The van der Waals surface area contributed by atoms with E-state index in [0.29, 0.717) is 5.01 Å². The lowest BCUT2D eigenvalue weighted by Gasteiger charge is -2.05. The SMILES string of the molecule is Fc1cccc(F)c1-c1nc([C@@H]2CCCN2)cs1. The van der Waals surface area contributed by atoms with Crippen LogP contribution in [0.3, 0.4) is 0 Å². The molecule has 0 bridgehead atoms. The van der Waals surface area contributed by atoms with E-state index in [2.05, 4.69) is 10.3 Å². The van der Waals surface area contributed by atoms with Crippen LogP contribution in [0.4, 0.5) is 8.78 Å². The topological polar surface area (TPSA) is 24.9 Å². The molecule has 3 rings (SSSR count). The maximum atomic E-state index is 13.6. The normalized spacial score (nSPS) is 19.3. The molecule has 1 aliphatic heterocycles. The Balaban J connectivity index is 1.97. The molecule has 0 saturated carbocycles. The second-order valence-corrected chi connectivity index (χ2v) is 5.18. The number of nitrogens with zero attached hydrogens (tertiary/aromatic N) is 1. The third-order valence-electron chi connectivity index (χ3n) is 3.12. The van der Waals surface area contributed by atoms with E-state index < -0.39 is 11.6 Å². The molecule has 5 heteroatoms. The molecule has 18 heavy (non-hydrogen) atoms. The van der Waals surface area contributed by atoms with Crippen molar-refractivity contribution < 1.29 is 8.78 Å². The van der Waals surface area contributed by atoms with Crippen LogP contribution in [0.15, 0.2) is 23.6 Å². The number of rotatable bonds is 2. The van der Waals surface area contributed by atoms with Gasteiger partial charge in [-0.3, -0.25) is 0 Å². The van der Waals surface area contributed by atoms with Crippen LogP contribution in [0.5, 0.6) is 0 Å². The molecule has 1 aliphatic rings. The average molecular weight is 266 g/mol. The fourth-order valence-corrected chi connectivity index (χ4v) is 3.12. The number of nitrogens with one attached hydrogen (secondary N) is 1. The van der Waals surface area contributed by atoms with E-state index in [0.717, 1.165) is 25.1 Å². The number of thiazole rings is 1. The zero-order valence-corrected chi connectivity index (χ0v) is 10.4. The molecule has 2 nitrogen and oxygen atoms in total. The van der Waals surface area contributed by atoms with E-state index in [1.807, 2.05) is 5.38 Å². The van der Waals surface area contributed by atoms with E-state index in [4.69, 9.17) is 0 Å². The first-order valence-electron chi connectivity index (χ1n) is 5.89. The number of hydrogen-bond acceptors (Lipinski definition) is 3. The quantitative estimate of drug-likeness (QED) is 0.899. The largest absolute Gasteiger partial charge is 0.309 e. The van der Waals surface area contributed by atoms with Crippen molar-refractivity contribution in [2.24, 2.45) is 0 Å². The molecule has 1 fully saturated rings. The molecular formula is C13H12F2N2S. The summed E-state index contributed by atoms with van der Waals surface area (Å²) in [6.45, 7) is 0.978. The molecule has 1 aromatic heterocycles. The molecule has 0 amide bonds. The summed E-state index contributed by atoms with van der Waals surface area (Å²) < 4.78 is 27.3. The fraction of sp³-hybridized carbons (Fsp3) is 0.308. The average Bonchev–Trinajstić information content (AvgIpc) is 2.99. The highest BCUT2D eigenvalue weighted by atomic mass is 32.1. The molecule has 1 atom stereocenters. The highest BCUT2D eigenvalue weighted by molar-refractivity contribution is 7.13. The number of aromatic nitrogens is 1. The molecule has 1 aromatic carbocycles. The summed E-state index contributed by atoms with van der Waals surface area (Å²) in [4.78, 5) is 4.36. The molecule has 94 valence electrons. The maximum Gasteiger partial charge on any atom is 0.136 e. The summed E-state index contributed by atoms with van der Waals surface area (Å²) in [7, 11) is 0. The van der Waals surface area contributed by atoms with Crippen LogP contribution in [0.1, 0.15) is 24.6 Å². The summed E-state index contributed by atoms with van der Waals surface area (Å²) in [5.74, 6) is -1.12. The van der Waals surface area contributed by atoms with Gasteiger partial charge in [-0.1, -0.05) is 6.07 Å². The van der Waals surface area contributed by atoms with Crippen LogP contribution >= 0.6 is 11.3 Å². The van der Waals surface area contributed by atoms with Gasteiger partial charge in [0, 0.05) is 5.38 Å². The van der Waals surface area contributed by atoms with Crippen molar-refractivity contribution in [1.82, 2.24) is 10.3 Å². The summed E-state index contributed by atoms with van der Waals surface area (Å²) in [5.41, 5.74) is 0.863. The second kappa shape index (κ2) is 4.74. The minimum atomic E-state index is -0.560. The fourth-order valence-electron chi connectivity index (χ4n) is 2.20. The molecular weight excluding hydrogens is 254 g/mol. The minimum absolute atomic E-state index is 0.0215. The van der Waals surface area contributed by atoms with Crippen molar-refractivity contribution >= 4 is 11.3 Å². The first-order chi connectivity index (χ1) is 8.75. The Bertz CT molecular complexity index is 542. The molecule has 1 N–H and O–H groups in total. The molecule has 0 aliphatic carbocycles. The summed E-state index contributed by atoms with van der Waals surface area (Å²) >= 11 is 1.29. The van der Waals surface area contributed by atoms with Crippen molar-refractivity contribution in [3.05, 3.63) is 40.9 Å². The summed E-state index contributed by atoms with van der Waals surface area (Å²) in [5, 5.41) is 5.61. The zero-order chi connectivity index (χ0) is 12.5. The lowest BCUT2D eigenvalue weighted by molar-refractivity contribution is 0.588. The van der Waals surface area contributed by atoms with Gasteiger partial charge in [0.05, 0.1) is 17.3 Å². The van der Waals surface area contributed by atoms with E-state index in [1.165, 1.54) is 29.5 Å². The van der Waals surface area contributed by atoms with Crippen LogP contribution in [-0.4, -0.2) is 11.5 Å². The van der Waals surface area contributed by atoms with Crippen LogP contribution < -0.4 is 5.32 Å². The first-order valence-corrected chi connectivity index (χ1v) is 6.77. The van der Waals surface area contributed by atoms with E-state index in [1.54, 1.807) is 0 Å². The Morgan fingerprint density at radius 2 is 2.06 bits per heavy atom. The lowest BCUT2D eigenvalue weighted by Crippen LogP contribution is -2.12. The molecule has 0 radical (unpaired) electrons. The van der Waals surface area contributed by atoms with Gasteiger partial charge in [0.25, 0.3) is 0 Å². The lowest BCUT2D eigenvalue weighted by atomic mass is 10.2. The first kappa shape index (κ1) is 11.7. The van der Waals surface area contributed by atoms with Gasteiger partial charge in [0.15, 0.2) is 0 Å². The Morgan fingerprint density at radius 1 is 1.28 bits per heavy atom. The molecule has 0 unspecified atom stereocenters. The number of hydrogen-bond donors (Lipinski definition) is 1. The van der Waals surface area contributed by atoms with Crippen LogP contribution in [0.25, 0.3) is 10.6 Å². The van der Waals surface area contributed by atoms with Gasteiger partial charge in [0.2, 0.25) is 0 Å². The van der Waals surface area contributed by atoms with Gasteiger partial charge >= 0.3 is 0 Å². The van der Waals surface area contributed by atoms with Crippen molar-refractivity contribution in [3.63, 3.8) is 0 Å². The predicted octanol–water partition coefficient (Wildman–Crippen LogP) is 3.51. The van der Waals surface area contributed by atoms with Gasteiger partial charge < -0.3 is 5.32 Å². The maximum absolute atomic E-state index is 13.6. The smallest absolute Gasteiger partial charge is 0.136 e. The van der Waals surface area contributed by atoms with Crippen LogP contribution in [0, 0.1) is 11.6 Å². The predicted molar refractivity (Wildman–Crippen MR) is 67.4 cm³/mol.